The second-order valence-electron chi connectivity index (χ2n) is 9.30. The Balaban J connectivity index is 1.49. The second kappa shape index (κ2) is 12.1. The van der Waals surface area contributed by atoms with E-state index < -0.39 is 0 Å². The Morgan fingerprint density at radius 3 is 2.56 bits per heavy atom. The van der Waals surface area contributed by atoms with Crippen LogP contribution in [0, 0.1) is 0 Å². The number of carbonyl (C=O) groups excluding carboxylic acids is 1. The number of fused-ring (bicyclic) bond motifs is 1. The summed E-state index contributed by atoms with van der Waals surface area (Å²) in [5.41, 5.74) is 16.9. The molecular weight excluding hydrogens is 536 g/mol. The molecule has 0 bridgehead atoms. The smallest absolute Gasteiger partial charge is 0.267 e. The van der Waals surface area contributed by atoms with Gasteiger partial charge in [-0.2, -0.15) is 10.1 Å². The van der Waals surface area contributed by atoms with Crippen molar-refractivity contribution in [3.63, 3.8) is 0 Å². The number of nitrogens with two attached hydrogens (primary N) is 2. The van der Waals surface area contributed by atoms with E-state index in [1.165, 1.54) is 11.1 Å². The first kappa shape index (κ1) is 27.7. The van der Waals surface area contributed by atoms with Crippen LogP contribution in [-0.2, 0) is 11.2 Å². The zero-order valence-corrected chi connectivity index (χ0v) is 23.8. The summed E-state index contributed by atoms with van der Waals surface area (Å²) in [5.74, 6) is 1.15. The molecule has 5 rings (SSSR count). The molecule has 1 aliphatic rings. The average molecular weight is 567 g/mol. The maximum Gasteiger partial charge on any atom is 0.267 e. The fourth-order valence-electron chi connectivity index (χ4n) is 4.80. The minimum atomic E-state index is -0.375. The number of anilines is 2. The summed E-state index contributed by atoms with van der Waals surface area (Å²) in [6.07, 6.45) is 8.99. The monoisotopic (exact) mass is 566 g/mol. The number of ether oxygens (including phenoxy) is 2. The van der Waals surface area contributed by atoms with E-state index in [1.807, 2.05) is 54.8 Å². The molecule has 1 aliphatic heterocycles. The van der Waals surface area contributed by atoms with Gasteiger partial charge in [0.1, 0.15) is 11.9 Å². The van der Waals surface area contributed by atoms with Crippen molar-refractivity contribution in [2.45, 2.75) is 17.4 Å². The van der Waals surface area contributed by atoms with Crippen LogP contribution < -0.4 is 20.9 Å². The van der Waals surface area contributed by atoms with E-state index in [4.69, 9.17) is 20.9 Å². The molecule has 1 unspecified atom stereocenters. The number of aromatic nitrogens is 2. The second-order valence-corrected chi connectivity index (χ2v) is 10.2. The molecule has 0 aliphatic carbocycles. The Kier molecular flexibility index (Phi) is 8.21. The summed E-state index contributed by atoms with van der Waals surface area (Å²) >= 11 is 1.67. The minimum absolute atomic E-state index is 0.113. The third-order valence-corrected chi connectivity index (χ3v) is 7.54. The Labute approximate surface area is 242 Å². The van der Waals surface area contributed by atoms with Crippen LogP contribution >= 0.6 is 11.8 Å². The summed E-state index contributed by atoms with van der Waals surface area (Å²) in [6.45, 7) is 0. The van der Waals surface area contributed by atoms with Gasteiger partial charge >= 0.3 is 0 Å². The van der Waals surface area contributed by atoms with Gasteiger partial charge in [0.25, 0.3) is 5.91 Å². The topological polar surface area (TPSA) is 129 Å². The molecule has 41 heavy (non-hydrogen) atoms. The number of rotatable bonds is 8. The lowest BCUT2D eigenvalue weighted by Gasteiger charge is -2.31. The zero-order chi connectivity index (χ0) is 28.9. The number of hydrogen-bond acceptors (Lipinski definition) is 9. The first-order valence-corrected chi connectivity index (χ1v) is 14.0. The minimum Gasteiger partial charge on any atom is -0.493 e. The largest absolute Gasteiger partial charge is 0.493 e. The summed E-state index contributed by atoms with van der Waals surface area (Å²) in [5, 5.41) is 6.07. The number of methoxy groups -OCH3 is 2. The first-order chi connectivity index (χ1) is 19.9. The Morgan fingerprint density at radius 2 is 1.85 bits per heavy atom. The van der Waals surface area contributed by atoms with Crippen LogP contribution in [0.15, 0.2) is 82.9 Å². The van der Waals surface area contributed by atoms with Crippen molar-refractivity contribution in [3.05, 3.63) is 106 Å². The molecule has 2 heterocycles. The third-order valence-electron chi connectivity index (χ3n) is 6.80. The SMILES string of the molecule is COc1cc(Cc2cnc(N)nc2N)cc(C=CC(=O)N2N=Cc3ccccc3C2c2ccc(SC)cc2)c1OC. The highest BCUT2D eigenvalue weighted by atomic mass is 32.2. The molecule has 3 aromatic carbocycles. The van der Waals surface area contributed by atoms with Gasteiger partial charge in [0.2, 0.25) is 5.95 Å². The van der Waals surface area contributed by atoms with Gasteiger partial charge in [-0.05, 0) is 53.3 Å². The van der Waals surface area contributed by atoms with Crippen LogP contribution in [0.2, 0.25) is 0 Å². The van der Waals surface area contributed by atoms with Crippen LogP contribution in [0.3, 0.4) is 0 Å². The predicted octanol–water partition coefficient (Wildman–Crippen LogP) is 4.95. The molecule has 0 radical (unpaired) electrons. The molecule has 1 aromatic heterocycles. The van der Waals surface area contributed by atoms with Crippen molar-refractivity contribution in [1.29, 1.82) is 0 Å². The zero-order valence-electron chi connectivity index (χ0n) is 22.9. The van der Waals surface area contributed by atoms with Gasteiger partial charge in [-0.3, -0.25) is 4.79 Å². The average Bonchev–Trinajstić information content (AvgIpc) is 3.00. The highest BCUT2D eigenvalue weighted by Gasteiger charge is 2.30. The van der Waals surface area contributed by atoms with Gasteiger partial charge in [-0.15, -0.1) is 11.8 Å². The molecule has 1 amide bonds. The molecular formula is C31H30N6O3S. The predicted molar refractivity (Wildman–Crippen MR) is 163 cm³/mol. The van der Waals surface area contributed by atoms with Crippen LogP contribution in [0.5, 0.6) is 11.5 Å². The van der Waals surface area contributed by atoms with E-state index in [0.717, 1.165) is 27.1 Å². The maximum absolute atomic E-state index is 13.7. The molecule has 9 nitrogen and oxygen atoms in total. The summed E-state index contributed by atoms with van der Waals surface area (Å²) in [4.78, 5) is 22.9. The van der Waals surface area contributed by atoms with Crippen molar-refractivity contribution in [2.24, 2.45) is 5.10 Å². The molecule has 4 N–H and O–H groups in total. The van der Waals surface area contributed by atoms with Gasteiger partial charge in [0.05, 0.1) is 20.4 Å². The highest BCUT2D eigenvalue weighted by Crippen LogP contribution is 2.37. The van der Waals surface area contributed by atoms with Crippen LogP contribution in [0.25, 0.3) is 6.08 Å². The summed E-state index contributed by atoms with van der Waals surface area (Å²) in [6, 6.07) is 19.6. The van der Waals surface area contributed by atoms with E-state index in [1.54, 1.807) is 44.5 Å². The number of hydrogen-bond donors (Lipinski definition) is 2. The lowest BCUT2D eigenvalue weighted by Crippen LogP contribution is -2.33. The molecule has 0 fully saturated rings. The van der Waals surface area contributed by atoms with Crippen molar-refractivity contribution in [3.8, 4) is 11.5 Å². The Morgan fingerprint density at radius 1 is 1.07 bits per heavy atom. The van der Waals surface area contributed by atoms with Gasteiger partial charge in [0.15, 0.2) is 11.5 Å². The van der Waals surface area contributed by atoms with E-state index in [9.17, 15) is 4.79 Å². The van der Waals surface area contributed by atoms with Crippen molar-refractivity contribution >= 4 is 41.7 Å². The third kappa shape index (κ3) is 5.87. The fraction of sp³-hybridized carbons (Fsp3) is 0.161. The molecule has 1 atom stereocenters. The van der Waals surface area contributed by atoms with Crippen LogP contribution in [-0.4, -0.2) is 47.6 Å². The number of thioether (sulfide) groups is 1. The number of amides is 1. The first-order valence-electron chi connectivity index (χ1n) is 12.8. The number of benzene rings is 3. The van der Waals surface area contributed by atoms with E-state index in [2.05, 4.69) is 27.2 Å². The summed E-state index contributed by atoms with van der Waals surface area (Å²) < 4.78 is 11.2. The Bertz CT molecular complexity index is 1640. The quantitative estimate of drug-likeness (QED) is 0.226. The maximum atomic E-state index is 13.7. The molecule has 0 spiro atoms. The van der Waals surface area contributed by atoms with E-state index in [0.29, 0.717) is 34.9 Å². The van der Waals surface area contributed by atoms with Crippen molar-refractivity contribution < 1.29 is 14.3 Å². The molecule has 208 valence electrons. The normalized spacial score (nSPS) is 14.2. The van der Waals surface area contributed by atoms with Gasteiger partial charge in [-0.1, -0.05) is 36.4 Å². The van der Waals surface area contributed by atoms with E-state index >= 15 is 0 Å². The van der Waals surface area contributed by atoms with E-state index in [-0.39, 0.29) is 17.9 Å². The van der Waals surface area contributed by atoms with Crippen LogP contribution in [0.4, 0.5) is 11.8 Å². The number of carbonyl (C=O) groups is 1. The standard InChI is InChI=1S/C31H30N6O3S/c1-39-26-16-19(15-23-17-34-31(33)36-30(23)32)14-21(29(26)40-2)10-13-27(38)37-28(20-8-11-24(41-3)12-9-20)25-7-5-4-6-22(25)18-35-37/h4-14,16-18,28H,15H2,1-3H3,(H4,32,33,34,36). The molecule has 10 heteroatoms. The number of nitrogens with zero attached hydrogens (tertiary/aromatic N) is 4. The van der Waals surface area contributed by atoms with Crippen LogP contribution in [0.1, 0.15) is 39.4 Å². The Hall–Kier alpha value is -4.83. The van der Waals surface area contributed by atoms with Crippen molar-refractivity contribution in [1.82, 2.24) is 15.0 Å². The lowest BCUT2D eigenvalue weighted by atomic mass is 9.93. The lowest BCUT2D eigenvalue weighted by molar-refractivity contribution is -0.127. The number of hydrazone groups is 1. The molecule has 4 aromatic rings. The number of nitrogen functional groups attached to an aromatic ring is 2. The highest BCUT2D eigenvalue weighted by molar-refractivity contribution is 7.98. The molecule has 0 saturated carbocycles. The molecule has 0 saturated heterocycles. The van der Waals surface area contributed by atoms with Gasteiger partial charge in [0, 0.05) is 40.3 Å². The van der Waals surface area contributed by atoms with Gasteiger partial charge < -0.3 is 20.9 Å². The summed E-state index contributed by atoms with van der Waals surface area (Å²) in [7, 11) is 3.12. The van der Waals surface area contributed by atoms with Crippen molar-refractivity contribution in [2.75, 3.05) is 31.9 Å². The van der Waals surface area contributed by atoms with Gasteiger partial charge in [-0.25, -0.2) is 9.99 Å². The fourth-order valence-corrected chi connectivity index (χ4v) is 5.21.